The van der Waals surface area contributed by atoms with E-state index in [-0.39, 0.29) is 29.8 Å². The molecule has 2 unspecified atom stereocenters. The fraction of sp³-hybridized carbons (Fsp3) is 0.591. The fourth-order valence-corrected chi connectivity index (χ4v) is 4.42. The first kappa shape index (κ1) is 21.3. The number of likely N-dealkylation sites (tertiary alicyclic amines) is 1. The molecule has 29 heavy (non-hydrogen) atoms. The van der Waals surface area contributed by atoms with Crippen molar-refractivity contribution in [2.75, 3.05) is 27.2 Å². The van der Waals surface area contributed by atoms with E-state index in [4.69, 9.17) is 0 Å². The molecule has 0 saturated carbocycles. The summed E-state index contributed by atoms with van der Waals surface area (Å²) in [4.78, 5) is 36.7. The zero-order chi connectivity index (χ0) is 21.1. The largest absolute Gasteiger partial charge is 0.352 e. The summed E-state index contributed by atoms with van der Waals surface area (Å²) in [6.45, 7) is 7.63. The Morgan fingerprint density at radius 2 is 1.93 bits per heavy atom. The van der Waals surface area contributed by atoms with Crippen LogP contribution in [0.1, 0.15) is 44.1 Å². The number of rotatable bonds is 6. The third kappa shape index (κ3) is 4.78. The standard InChI is InChI=1S/C22H33N5O2/c1-14(2)20(26(4)5)21(28)24-15(3)16-7-10-27(11-8-16)22(29)19-12-17-13-23-9-6-18(17)25-19/h6,9,12-16,20,25H,7-8,10-11H2,1-5H3,(H,24,28). The van der Waals surface area contributed by atoms with E-state index in [2.05, 4.69) is 36.1 Å². The first-order chi connectivity index (χ1) is 13.8. The lowest BCUT2D eigenvalue weighted by molar-refractivity contribution is -0.128. The molecule has 7 heteroatoms. The zero-order valence-corrected chi connectivity index (χ0v) is 18.1. The van der Waals surface area contributed by atoms with E-state index < -0.39 is 0 Å². The number of carbonyl (C=O) groups excluding carboxylic acids is 2. The van der Waals surface area contributed by atoms with Gasteiger partial charge in [-0.25, -0.2) is 0 Å². The van der Waals surface area contributed by atoms with Crippen molar-refractivity contribution in [1.82, 2.24) is 25.1 Å². The summed E-state index contributed by atoms with van der Waals surface area (Å²) >= 11 is 0. The fourth-order valence-electron chi connectivity index (χ4n) is 4.42. The van der Waals surface area contributed by atoms with Gasteiger partial charge in [-0.2, -0.15) is 0 Å². The number of amides is 2. The van der Waals surface area contributed by atoms with Gasteiger partial charge in [-0.3, -0.25) is 19.5 Å². The zero-order valence-electron chi connectivity index (χ0n) is 18.1. The van der Waals surface area contributed by atoms with Crippen LogP contribution < -0.4 is 5.32 Å². The number of carbonyl (C=O) groups is 2. The van der Waals surface area contributed by atoms with Crippen molar-refractivity contribution in [3.05, 3.63) is 30.2 Å². The Morgan fingerprint density at radius 3 is 2.52 bits per heavy atom. The second kappa shape index (κ2) is 8.95. The van der Waals surface area contributed by atoms with Crippen molar-refractivity contribution in [2.24, 2.45) is 11.8 Å². The van der Waals surface area contributed by atoms with Crippen molar-refractivity contribution < 1.29 is 9.59 Å². The third-order valence-electron chi connectivity index (χ3n) is 6.01. The summed E-state index contributed by atoms with van der Waals surface area (Å²) in [7, 11) is 3.89. The Kier molecular flexibility index (Phi) is 6.57. The van der Waals surface area contributed by atoms with Gasteiger partial charge in [0.2, 0.25) is 5.91 Å². The van der Waals surface area contributed by atoms with Gasteiger partial charge in [0.15, 0.2) is 0 Å². The molecule has 0 bridgehead atoms. The number of nitrogens with zero attached hydrogens (tertiary/aromatic N) is 3. The summed E-state index contributed by atoms with van der Waals surface area (Å²) in [6, 6.07) is 3.71. The average molecular weight is 400 g/mol. The van der Waals surface area contributed by atoms with Crippen molar-refractivity contribution in [3.8, 4) is 0 Å². The third-order valence-corrected chi connectivity index (χ3v) is 6.01. The van der Waals surface area contributed by atoms with E-state index in [1.165, 1.54) is 0 Å². The molecule has 0 aromatic carbocycles. The van der Waals surface area contributed by atoms with Crippen LogP contribution in [-0.4, -0.2) is 70.9 Å². The predicted octanol–water partition coefficient (Wildman–Crippen LogP) is 2.51. The highest BCUT2D eigenvalue weighted by atomic mass is 16.2. The minimum atomic E-state index is -0.129. The molecule has 1 fully saturated rings. The van der Waals surface area contributed by atoms with Gasteiger partial charge in [0.1, 0.15) is 5.69 Å². The highest BCUT2D eigenvalue weighted by Crippen LogP contribution is 2.23. The average Bonchev–Trinajstić information content (AvgIpc) is 3.11. The maximum Gasteiger partial charge on any atom is 0.270 e. The minimum Gasteiger partial charge on any atom is -0.352 e. The van der Waals surface area contributed by atoms with Gasteiger partial charge >= 0.3 is 0 Å². The summed E-state index contributed by atoms with van der Waals surface area (Å²) < 4.78 is 0. The maximum atomic E-state index is 12.9. The number of hydrogen-bond acceptors (Lipinski definition) is 4. The molecule has 3 heterocycles. The van der Waals surface area contributed by atoms with Gasteiger partial charge in [-0.15, -0.1) is 0 Å². The monoisotopic (exact) mass is 399 g/mol. The van der Waals surface area contributed by atoms with Crippen LogP contribution in [0.5, 0.6) is 0 Å². The molecule has 0 radical (unpaired) electrons. The number of hydrogen-bond donors (Lipinski definition) is 2. The van der Waals surface area contributed by atoms with E-state index in [1.807, 2.05) is 36.0 Å². The Hall–Kier alpha value is -2.41. The summed E-state index contributed by atoms with van der Waals surface area (Å²) in [6.07, 6.45) is 5.26. The minimum absolute atomic E-state index is 0.0313. The quantitative estimate of drug-likeness (QED) is 0.782. The summed E-state index contributed by atoms with van der Waals surface area (Å²) in [5.41, 5.74) is 1.54. The topological polar surface area (TPSA) is 81.3 Å². The van der Waals surface area contributed by atoms with Crippen molar-refractivity contribution in [2.45, 2.75) is 45.7 Å². The van der Waals surface area contributed by atoms with Crippen LogP contribution in [0, 0.1) is 11.8 Å². The molecule has 2 amide bonds. The SMILES string of the molecule is CC(C)C(C(=O)NC(C)C1CCN(C(=O)c2cc3cnccc3[nH]2)CC1)N(C)C. The molecule has 0 aliphatic carbocycles. The normalized spacial score (nSPS) is 17.7. The Balaban J connectivity index is 1.55. The van der Waals surface area contributed by atoms with Crippen LogP contribution in [0.4, 0.5) is 0 Å². The molecular weight excluding hydrogens is 366 g/mol. The number of fused-ring (bicyclic) bond motifs is 1. The van der Waals surface area contributed by atoms with E-state index in [0.29, 0.717) is 24.7 Å². The Morgan fingerprint density at radius 1 is 1.24 bits per heavy atom. The maximum absolute atomic E-state index is 12.9. The van der Waals surface area contributed by atoms with Crippen molar-refractivity contribution in [1.29, 1.82) is 0 Å². The molecule has 158 valence electrons. The molecule has 7 nitrogen and oxygen atoms in total. The Labute approximate surface area is 172 Å². The molecule has 2 atom stereocenters. The number of nitrogens with one attached hydrogen (secondary N) is 2. The van der Waals surface area contributed by atoms with Gasteiger partial charge in [-0.05, 0) is 57.8 Å². The second-order valence-corrected chi connectivity index (χ2v) is 8.73. The first-order valence-electron chi connectivity index (χ1n) is 10.5. The van der Waals surface area contributed by atoms with Crippen LogP contribution in [0.3, 0.4) is 0 Å². The summed E-state index contributed by atoms with van der Waals surface area (Å²) in [5, 5.41) is 4.16. The van der Waals surface area contributed by atoms with E-state index in [0.717, 1.165) is 23.7 Å². The van der Waals surface area contributed by atoms with Gasteiger partial charge in [0.05, 0.1) is 6.04 Å². The van der Waals surface area contributed by atoms with Crippen LogP contribution in [0.2, 0.25) is 0 Å². The molecule has 3 rings (SSSR count). The summed E-state index contributed by atoms with van der Waals surface area (Å²) in [5.74, 6) is 0.750. The molecule has 2 aromatic rings. The van der Waals surface area contributed by atoms with Crippen LogP contribution in [0.15, 0.2) is 24.5 Å². The van der Waals surface area contributed by atoms with Crippen molar-refractivity contribution >= 4 is 22.7 Å². The number of aromatic nitrogens is 2. The highest BCUT2D eigenvalue weighted by molar-refractivity contribution is 5.97. The number of likely N-dealkylation sites (N-methyl/N-ethyl adjacent to an activating group) is 1. The number of piperidine rings is 1. The lowest BCUT2D eigenvalue weighted by atomic mass is 9.89. The van der Waals surface area contributed by atoms with Gasteiger partial charge in [0.25, 0.3) is 5.91 Å². The first-order valence-corrected chi connectivity index (χ1v) is 10.5. The van der Waals surface area contributed by atoms with E-state index in [1.54, 1.807) is 12.4 Å². The molecule has 1 saturated heterocycles. The smallest absolute Gasteiger partial charge is 0.270 e. The lowest BCUT2D eigenvalue weighted by Gasteiger charge is -2.36. The lowest BCUT2D eigenvalue weighted by Crippen LogP contribution is -2.52. The van der Waals surface area contributed by atoms with Gasteiger partial charge in [0, 0.05) is 42.4 Å². The van der Waals surface area contributed by atoms with Gasteiger partial charge < -0.3 is 15.2 Å². The highest BCUT2D eigenvalue weighted by Gasteiger charge is 2.31. The number of aromatic amines is 1. The van der Waals surface area contributed by atoms with E-state index in [9.17, 15) is 9.59 Å². The Bertz CT molecular complexity index is 811. The molecule has 1 aliphatic rings. The van der Waals surface area contributed by atoms with Crippen LogP contribution >= 0.6 is 0 Å². The molecular formula is C22H33N5O2. The number of pyridine rings is 1. The van der Waals surface area contributed by atoms with Gasteiger partial charge in [-0.1, -0.05) is 13.8 Å². The van der Waals surface area contributed by atoms with Crippen molar-refractivity contribution in [3.63, 3.8) is 0 Å². The number of H-pyrrole nitrogens is 1. The molecule has 0 spiro atoms. The van der Waals surface area contributed by atoms with Crippen LogP contribution in [-0.2, 0) is 4.79 Å². The molecule has 1 aliphatic heterocycles. The predicted molar refractivity (Wildman–Crippen MR) is 115 cm³/mol. The molecule has 2 aromatic heterocycles. The van der Waals surface area contributed by atoms with Crippen LogP contribution in [0.25, 0.3) is 10.9 Å². The molecule has 2 N–H and O–H groups in total. The van der Waals surface area contributed by atoms with E-state index >= 15 is 0 Å². The second-order valence-electron chi connectivity index (χ2n) is 8.73.